The molecule has 0 spiro atoms. The monoisotopic (exact) mass is 712 g/mol. The summed E-state index contributed by atoms with van der Waals surface area (Å²) in [6, 6.07) is 79.5. The summed E-state index contributed by atoms with van der Waals surface area (Å²) >= 11 is 0. The summed E-state index contributed by atoms with van der Waals surface area (Å²) in [5, 5.41) is 4.98. The lowest BCUT2D eigenvalue weighted by Crippen LogP contribution is -1.93. The molecule has 0 N–H and O–H groups in total. The maximum Gasteiger partial charge on any atom is 0.0547 e. The molecule has 0 radical (unpaired) electrons. The first kappa shape index (κ1) is 32.0. The molecular formula is C54H36N2. The highest BCUT2D eigenvalue weighted by atomic mass is 15.0. The standard InChI is InChI=1S/C54H36N2/c1-5-15-37(16-6-1)42-31-43(38-17-7-2-8-18-38)33-44(32-42)40-27-30-53-50(35-40)49-34-39(26-29-52(49)55(53)45-19-9-3-10-20-45)41-25-28-48-47-23-13-14-24-51(47)56(54(48)36-41)46-21-11-4-12-22-46/h1-36H. The molecular weight excluding hydrogens is 677 g/mol. The maximum atomic E-state index is 2.41. The summed E-state index contributed by atoms with van der Waals surface area (Å²) < 4.78 is 4.80. The smallest absolute Gasteiger partial charge is 0.0547 e. The average Bonchev–Trinajstić information content (AvgIpc) is 3.79. The molecule has 2 heteroatoms. The lowest BCUT2D eigenvalue weighted by molar-refractivity contribution is 1.18. The van der Waals surface area contributed by atoms with Gasteiger partial charge in [-0.25, -0.2) is 0 Å². The molecule has 2 aromatic heterocycles. The molecule has 11 aromatic rings. The van der Waals surface area contributed by atoms with Gasteiger partial charge in [-0.05, 0) is 123 Å². The Kier molecular flexibility index (Phi) is 7.53. The molecule has 0 bridgehead atoms. The molecule has 56 heavy (non-hydrogen) atoms. The normalized spacial score (nSPS) is 11.6. The van der Waals surface area contributed by atoms with Gasteiger partial charge in [-0.15, -0.1) is 0 Å². The third-order valence-electron chi connectivity index (χ3n) is 11.3. The van der Waals surface area contributed by atoms with Gasteiger partial charge in [0.1, 0.15) is 0 Å². The minimum Gasteiger partial charge on any atom is -0.309 e. The lowest BCUT2D eigenvalue weighted by Gasteiger charge is -2.12. The van der Waals surface area contributed by atoms with E-state index in [9.17, 15) is 0 Å². The van der Waals surface area contributed by atoms with E-state index in [0.29, 0.717) is 0 Å². The Morgan fingerprint density at radius 3 is 1.12 bits per heavy atom. The Morgan fingerprint density at radius 2 is 0.571 bits per heavy atom. The van der Waals surface area contributed by atoms with Crippen molar-refractivity contribution in [3.8, 4) is 55.9 Å². The minimum atomic E-state index is 1.15. The van der Waals surface area contributed by atoms with Gasteiger partial charge in [0.15, 0.2) is 0 Å². The predicted molar refractivity (Wildman–Crippen MR) is 237 cm³/mol. The van der Waals surface area contributed by atoms with E-state index in [2.05, 4.69) is 228 Å². The third-order valence-corrected chi connectivity index (χ3v) is 11.3. The van der Waals surface area contributed by atoms with Crippen LogP contribution in [0, 0.1) is 0 Å². The Morgan fingerprint density at radius 1 is 0.196 bits per heavy atom. The van der Waals surface area contributed by atoms with Crippen LogP contribution >= 0.6 is 0 Å². The molecule has 0 fully saturated rings. The molecule has 0 amide bonds. The largest absolute Gasteiger partial charge is 0.309 e. The van der Waals surface area contributed by atoms with Gasteiger partial charge in [-0.1, -0.05) is 140 Å². The van der Waals surface area contributed by atoms with E-state index >= 15 is 0 Å². The summed E-state index contributed by atoms with van der Waals surface area (Å²) in [5.41, 5.74) is 16.7. The van der Waals surface area contributed by atoms with Crippen molar-refractivity contribution in [2.24, 2.45) is 0 Å². The lowest BCUT2D eigenvalue weighted by atomic mass is 9.93. The molecule has 2 heterocycles. The third kappa shape index (κ3) is 5.34. The average molecular weight is 713 g/mol. The topological polar surface area (TPSA) is 9.86 Å². The second kappa shape index (κ2) is 13.2. The van der Waals surface area contributed by atoms with Gasteiger partial charge in [0, 0.05) is 32.9 Å². The number of fused-ring (bicyclic) bond motifs is 6. The van der Waals surface area contributed by atoms with Gasteiger partial charge in [0.25, 0.3) is 0 Å². The van der Waals surface area contributed by atoms with Gasteiger partial charge >= 0.3 is 0 Å². The summed E-state index contributed by atoms with van der Waals surface area (Å²) in [6.45, 7) is 0. The molecule has 0 aliphatic heterocycles. The van der Waals surface area contributed by atoms with Crippen LogP contribution < -0.4 is 0 Å². The van der Waals surface area contributed by atoms with Gasteiger partial charge in [0.2, 0.25) is 0 Å². The molecule has 0 saturated carbocycles. The number of benzene rings is 9. The number of hydrogen-bond donors (Lipinski definition) is 0. The first-order valence-corrected chi connectivity index (χ1v) is 19.3. The molecule has 11 rings (SSSR count). The van der Waals surface area contributed by atoms with Crippen LogP contribution in [0.4, 0.5) is 0 Å². The van der Waals surface area contributed by atoms with Crippen LogP contribution in [0.2, 0.25) is 0 Å². The van der Waals surface area contributed by atoms with Gasteiger partial charge in [-0.2, -0.15) is 0 Å². The van der Waals surface area contributed by atoms with Crippen LogP contribution in [0.1, 0.15) is 0 Å². The van der Waals surface area contributed by atoms with E-state index in [0.717, 1.165) is 11.4 Å². The van der Waals surface area contributed by atoms with E-state index in [1.807, 2.05) is 0 Å². The van der Waals surface area contributed by atoms with Gasteiger partial charge < -0.3 is 9.13 Å². The Balaban J connectivity index is 1.13. The van der Waals surface area contributed by atoms with Gasteiger partial charge in [0.05, 0.1) is 22.1 Å². The van der Waals surface area contributed by atoms with Crippen molar-refractivity contribution in [1.82, 2.24) is 9.13 Å². The van der Waals surface area contributed by atoms with Crippen molar-refractivity contribution in [3.05, 3.63) is 218 Å². The number of nitrogens with zero attached hydrogens (tertiary/aromatic N) is 2. The summed E-state index contributed by atoms with van der Waals surface area (Å²) in [7, 11) is 0. The molecule has 9 aromatic carbocycles. The molecule has 0 unspecified atom stereocenters. The van der Waals surface area contributed by atoms with Crippen LogP contribution in [0.15, 0.2) is 218 Å². The van der Waals surface area contributed by atoms with E-state index in [1.165, 1.54) is 88.1 Å². The molecule has 0 aliphatic rings. The fourth-order valence-electron chi connectivity index (χ4n) is 8.63. The molecule has 0 aliphatic carbocycles. The van der Waals surface area contributed by atoms with E-state index in [-0.39, 0.29) is 0 Å². The second-order valence-electron chi connectivity index (χ2n) is 14.6. The fourth-order valence-corrected chi connectivity index (χ4v) is 8.63. The zero-order valence-corrected chi connectivity index (χ0v) is 30.7. The van der Waals surface area contributed by atoms with Gasteiger partial charge in [-0.3, -0.25) is 0 Å². The highest BCUT2D eigenvalue weighted by molar-refractivity contribution is 6.13. The summed E-state index contributed by atoms with van der Waals surface area (Å²) in [6.07, 6.45) is 0. The van der Waals surface area contributed by atoms with Crippen LogP contribution in [0.5, 0.6) is 0 Å². The van der Waals surface area contributed by atoms with E-state index < -0.39 is 0 Å². The van der Waals surface area contributed by atoms with Crippen molar-refractivity contribution in [2.75, 3.05) is 0 Å². The predicted octanol–water partition coefficient (Wildman–Crippen LogP) is 14.5. The molecule has 0 atom stereocenters. The SMILES string of the molecule is c1ccc(-c2cc(-c3ccccc3)cc(-c3ccc4c(c3)c3cc(-c5ccc6c7ccccc7n(-c7ccccc7)c6c5)ccc3n4-c3ccccc3)c2)cc1. The van der Waals surface area contributed by atoms with Crippen molar-refractivity contribution in [3.63, 3.8) is 0 Å². The Hall–Kier alpha value is -7.42. The number of aromatic nitrogens is 2. The van der Waals surface area contributed by atoms with Crippen LogP contribution in [-0.4, -0.2) is 9.13 Å². The molecule has 262 valence electrons. The van der Waals surface area contributed by atoms with Crippen molar-refractivity contribution in [2.45, 2.75) is 0 Å². The highest BCUT2D eigenvalue weighted by Crippen LogP contribution is 2.40. The molecule has 2 nitrogen and oxygen atoms in total. The minimum absolute atomic E-state index is 1.15. The van der Waals surface area contributed by atoms with Crippen molar-refractivity contribution >= 4 is 43.6 Å². The van der Waals surface area contributed by atoms with Crippen LogP contribution in [-0.2, 0) is 0 Å². The summed E-state index contributed by atoms with van der Waals surface area (Å²) in [4.78, 5) is 0. The van der Waals surface area contributed by atoms with Crippen LogP contribution in [0.3, 0.4) is 0 Å². The first-order chi connectivity index (χ1) is 27.8. The van der Waals surface area contributed by atoms with E-state index in [1.54, 1.807) is 0 Å². The van der Waals surface area contributed by atoms with E-state index in [4.69, 9.17) is 0 Å². The highest BCUT2D eigenvalue weighted by Gasteiger charge is 2.17. The number of rotatable bonds is 6. The zero-order valence-electron chi connectivity index (χ0n) is 30.7. The zero-order chi connectivity index (χ0) is 37.0. The number of hydrogen-bond acceptors (Lipinski definition) is 0. The Labute approximate surface area is 325 Å². The second-order valence-corrected chi connectivity index (χ2v) is 14.6. The fraction of sp³-hybridized carbons (Fsp3) is 0. The molecule has 0 saturated heterocycles. The summed E-state index contributed by atoms with van der Waals surface area (Å²) in [5.74, 6) is 0. The maximum absolute atomic E-state index is 2.41. The van der Waals surface area contributed by atoms with Crippen molar-refractivity contribution in [1.29, 1.82) is 0 Å². The quantitative estimate of drug-likeness (QED) is 0.162. The first-order valence-electron chi connectivity index (χ1n) is 19.3. The Bertz CT molecular complexity index is 3150. The van der Waals surface area contributed by atoms with Crippen LogP contribution in [0.25, 0.3) is 99.5 Å². The number of para-hydroxylation sites is 3. The van der Waals surface area contributed by atoms with Crippen molar-refractivity contribution < 1.29 is 0 Å².